The van der Waals surface area contributed by atoms with Crippen LogP contribution in [0.4, 0.5) is 0 Å². The maximum absolute atomic E-state index is 11.3. The molecule has 2 heterocycles. The summed E-state index contributed by atoms with van der Waals surface area (Å²) >= 11 is 2.82. The SMILES string of the molecule is NNC(=O)c1nc(CSc2nc3ccccc3[nH]2)cs1. The molecular weight excluding hydrogens is 294 g/mol. The van der Waals surface area contributed by atoms with Gasteiger partial charge in [-0.1, -0.05) is 23.9 Å². The molecule has 0 aliphatic heterocycles. The summed E-state index contributed by atoms with van der Waals surface area (Å²) < 4.78 is 0. The van der Waals surface area contributed by atoms with Crippen LogP contribution in [0.1, 0.15) is 15.5 Å². The zero-order valence-electron chi connectivity index (χ0n) is 10.3. The molecule has 6 nitrogen and oxygen atoms in total. The highest BCUT2D eigenvalue weighted by molar-refractivity contribution is 7.98. The van der Waals surface area contributed by atoms with Gasteiger partial charge in [-0.2, -0.15) is 0 Å². The van der Waals surface area contributed by atoms with Crippen molar-refractivity contribution < 1.29 is 4.79 Å². The van der Waals surface area contributed by atoms with E-state index >= 15 is 0 Å². The Bertz CT molecular complexity index is 718. The fourth-order valence-electron chi connectivity index (χ4n) is 1.68. The summed E-state index contributed by atoms with van der Waals surface area (Å²) in [5.74, 6) is 5.35. The van der Waals surface area contributed by atoms with Gasteiger partial charge in [-0.15, -0.1) is 11.3 Å². The number of amides is 1. The van der Waals surface area contributed by atoms with Crippen molar-refractivity contribution >= 4 is 40.0 Å². The zero-order valence-corrected chi connectivity index (χ0v) is 11.9. The van der Waals surface area contributed by atoms with E-state index in [4.69, 9.17) is 5.84 Å². The number of rotatable bonds is 4. The number of thiazole rings is 1. The molecule has 0 aliphatic rings. The smallest absolute Gasteiger partial charge is 0.294 e. The van der Waals surface area contributed by atoms with E-state index in [1.54, 1.807) is 11.8 Å². The van der Waals surface area contributed by atoms with Gasteiger partial charge in [0.05, 0.1) is 16.7 Å². The number of hydrogen-bond donors (Lipinski definition) is 3. The van der Waals surface area contributed by atoms with E-state index in [9.17, 15) is 4.79 Å². The number of para-hydroxylation sites is 2. The fourth-order valence-corrected chi connectivity index (χ4v) is 3.28. The normalized spacial score (nSPS) is 10.8. The molecule has 1 aromatic carbocycles. The Morgan fingerprint density at radius 2 is 2.25 bits per heavy atom. The van der Waals surface area contributed by atoms with Gasteiger partial charge in [0.15, 0.2) is 10.2 Å². The molecule has 2 aromatic heterocycles. The third kappa shape index (κ3) is 2.67. The Labute approximate surface area is 122 Å². The number of nitrogens with one attached hydrogen (secondary N) is 2. The van der Waals surface area contributed by atoms with E-state index in [0.29, 0.717) is 10.8 Å². The minimum absolute atomic E-state index is 0.366. The summed E-state index contributed by atoms with van der Waals surface area (Å²) in [6.45, 7) is 0. The third-order valence-electron chi connectivity index (χ3n) is 2.60. The number of aromatic nitrogens is 3. The van der Waals surface area contributed by atoms with Crippen LogP contribution in [-0.4, -0.2) is 20.9 Å². The molecule has 3 rings (SSSR count). The highest BCUT2D eigenvalue weighted by Crippen LogP contribution is 2.23. The first-order valence-electron chi connectivity index (χ1n) is 5.79. The highest BCUT2D eigenvalue weighted by atomic mass is 32.2. The number of nitrogens with two attached hydrogens (primary N) is 1. The molecule has 1 amide bonds. The second-order valence-electron chi connectivity index (χ2n) is 3.97. The first-order valence-corrected chi connectivity index (χ1v) is 7.65. The predicted molar refractivity (Wildman–Crippen MR) is 79.4 cm³/mol. The van der Waals surface area contributed by atoms with E-state index in [1.807, 2.05) is 29.6 Å². The number of thioether (sulfide) groups is 1. The Morgan fingerprint density at radius 1 is 1.40 bits per heavy atom. The van der Waals surface area contributed by atoms with Crippen LogP contribution in [0.3, 0.4) is 0 Å². The Balaban J connectivity index is 1.69. The van der Waals surface area contributed by atoms with Gasteiger partial charge >= 0.3 is 0 Å². The van der Waals surface area contributed by atoms with E-state index in [0.717, 1.165) is 21.9 Å². The first kappa shape index (κ1) is 13.1. The molecule has 0 saturated heterocycles. The molecule has 0 unspecified atom stereocenters. The van der Waals surface area contributed by atoms with Gasteiger partial charge in [0.1, 0.15) is 0 Å². The van der Waals surface area contributed by atoms with Crippen LogP contribution in [-0.2, 0) is 5.75 Å². The van der Waals surface area contributed by atoms with E-state index in [-0.39, 0.29) is 5.91 Å². The van der Waals surface area contributed by atoms with Crippen LogP contribution >= 0.6 is 23.1 Å². The molecule has 0 atom stereocenters. The molecule has 0 saturated carbocycles. The van der Waals surface area contributed by atoms with Gasteiger partial charge in [-0.3, -0.25) is 10.2 Å². The molecule has 20 heavy (non-hydrogen) atoms. The second kappa shape index (κ2) is 5.61. The van der Waals surface area contributed by atoms with Crippen LogP contribution in [0.2, 0.25) is 0 Å². The Morgan fingerprint density at radius 3 is 3.05 bits per heavy atom. The molecule has 0 bridgehead atoms. The quantitative estimate of drug-likeness (QED) is 0.296. The van der Waals surface area contributed by atoms with Crippen molar-refractivity contribution in [3.63, 3.8) is 0 Å². The highest BCUT2D eigenvalue weighted by Gasteiger charge is 2.10. The van der Waals surface area contributed by atoms with Gasteiger partial charge in [-0.25, -0.2) is 15.8 Å². The molecule has 102 valence electrons. The fraction of sp³-hybridized carbons (Fsp3) is 0.0833. The third-order valence-corrected chi connectivity index (χ3v) is 4.40. The number of benzene rings is 1. The lowest BCUT2D eigenvalue weighted by Crippen LogP contribution is -2.29. The number of fused-ring (bicyclic) bond motifs is 1. The lowest BCUT2D eigenvalue weighted by Gasteiger charge is -1.94. The lowest BCUT2D eigenvalue weighted by molar-refractivity contribution is 0.0953. The molecule has 8 heteroatoms. The van der Waals surface area contributed by atoms with Crippen LogP contribution in [0.5, 0.6) is 0 Å². The number of hydrazine groups is 1. The van der Waals surface area contributed by atoms with Crippen LogP contribution in [0, 0.1) is 0 Å². The Hall–Kier alpha value is -1.90. The summed E-state index contributed by atoms with van der Waals surface area (Å²) in [5.41, 5.74) is 4.85. The second-order valence-corrected chi connectivity index (χ2v) is 5.79. The van der Waals surface area contributed by atoms with Crippen LogP contribution in [0.15, 0.2) is 34.8 Å². The van der Waals surface area contributed by atoms with Crippen molar-refractivity contribution in [3.8, 4) is 0 Å². The summed E-state index contributed by atoms with van der Waals surface area (Å²) in [4.78, 5) is 23.2. The zero-order chi connectivity index (χ0) is 13.9. The summed E-state index contributed by atoms with van der Waals surface area (Å²) in [6, 6.07) is 7.87. The summed E-state index contributed by atoms with van der Waals surface area (Å²) in [7, 11) is 0. The Kier molecular flexibility index (Phi) is 3.68. The number of nitrogens with zero attached hydrogens (tertiary/aromatic N) is 2. The summed E-state index contributed by atoms with van der Waals surface area (Å²) in [6.07, 6.45) is 0. The van der Waals surface area contributed by atoms with Gasteiger partial charge in [0.2, 0.25) is 0 Å². The molecular formula is C12H11N5OS2. The predicted octanol–water partition coefficient (Wildman–Crippen LogP) is 1.92. The number of H-pyrrole nitrogens is 1. The summed E-state index contributed by atoms with van der Waals surface area (Å²) in [5, 5.41) is 3.05. The first-order chi connectivity index (χ1) is 9.76. The lowest BCUT2D eigenvalue weighted by atomic mass is 10.3. The molecule has 4 N–H and O–H groups in total. The monoisotopic (exact) mass is 305 g/mol. The number of hydrogen-bond acceptors (Lipinski definition) is 6. The van der Waals surface area contributed by atoms with Crippen molar-refractivity contribution in [1.29, 1.82) is 0 Å². The average Bonchev–Trinajstić information content (AvgIpc) is 3.10. The molecule has 0 radical (unpaired) electrons. The number of carbonyl (C=O) groups is 1. The van der Waals surface area contributed by atoms with Gasteiger partial charge in [-0.05, 0) is 12.1 Å². The number of carbonyl (C=O) groups excluding carboxylic acids is 1. The van der Waals surface area contributed by atoms with Crippen molar-refractivity contribution in [2.24, 2.45) is 5.84 Å². The number of aromatic amines is 1. The minimum Gasteiger partial charge on any atom is -0.333 e. The van der Waals surface area contributed by atoms with Crippen molar-refractivity contribution in [2.45, 2.75) is 10.9 Å². The van der Waals surface area contributed by atoms with Gasteiger partial charge < -0.3 is 4.98 Å². The molecule has 0 aliphatic carbocycles. The number of imidazole rings is 1. The molecule has 0 fully saturated rings. The maximum Gasteiger partial charge on any atom is 0.294 e. The molecule has 3 aromatic rings. The maximum atomic E-state index is 11.3. The van der Waals surface area contributed by atoms with E-state index < -0.39 is 0 Å². The minimum atomic E-state index is -0.366. The van der Waals surface area contributed by atoms with Gasteiger partial charge in [0.25, 0.3) is 5.91 Å². The standard InChI is InChI=1S/C12H11N5OS2/c13-17-10(18)11-14-7(5-19-11)6-20-12-15-8-3-1-2-4-9(8)16-12/h1-5H,6,13H2,(H,15,16)(H,17,18). The van der Waals surface area contributed by atoms with Crippen molar-refractivity contribution in [1.82, 2.24) is 20.4 Å². The average molecular weight is 305 g/mol. The van der Waals surface area contributed by atoms with Crippen molar-refractivity contribution in [2.75, 3.05) is 0 Å². The largest absolute Gasteiger partial charge is 0.333 e. The van der Waals surface area contributed by atoms with E-state index in [2.05, 4.69) is 20.4 Å². The van der Waals surface area contributed by atoms with Gasteiger partial charge in [0, 0.05) is 11.1 Å². The van der Waals surface area contributed by atoms with Crippen LogP contribution < -0.4 is 11.3 Å². The van der Waals surface area contributed by atoms with Crippen LogP contribution in [0.25, 0.3) is 11.0 Å². The van der Waals surface area contributed by atoms with E-state index in [1.165, 1.54) is 11.3 Å². The molecule has 0 spiro atoms. The number of nitrogen functional groups attached to an aromatic ring is 1. The van der Waals surface area contributed by atoms with Crippen molar-refractivity contribution in [3.05, 3.63) is 40.3 Å². The topological polar surface area (TPSA) is 96.7 Å².